The predicted octanol–water partition coefficient (Wildman–Crippen LogP) is 5.12. The standard InChI is InChI=1S/C20H15N3O5S/c1-2-27-16-5-3-4-13-10-17(28-18(13)16)15-11-29-20(21-15)22-19(24)12-6-8-14(9-7-12)23(25)26/h3-11H,2H2,1H3,(H,21,22,24). The summed E-state index contributed by atoms with van der Waals surface area (Å²) in [5, 5.41) is 16.5. The third-order valence-electron chi connectivity index (χ3n) is 4.13. The molecule has 2 aromatic carbocycles. The molecule has 8 nitrogen and oxygen atoms in total. The lowest BCUT2D eigenvalue weighted by atomic mass is 10.2. The van der Waals surface area contributed by atoms with Crippen LogP contribution in [-0.2, 0) is 0 Å². The Balaban J connectivity index is 1.54. The number of carbonyl (C=O) groups is 1. The van der Waals surface area contributed by atoms with Crippen molar-refractivity contribution in [1.29, 1.82) is 0 Å². The lowest BCUT2D eigenvalue weighted by Gasteiger charge is -2.02. The molecule has 0 atom stereocenters. The maximum absolute atomic E-state index is 12.3. The van der Waals surface area contributed by atoms with Crippen LogP contribution in [0.15, 0.2) is 58.3 Å². The predicted molar refractivity (Wildman–Crippen MR) is 110 cm³/mol. The second-order valence-corrected chi connectivity index (χ2v) is 6.87. The molecule has 0 saturated carbocycles. The highest BCUT2D eigenvalue weighted by atomic mass is 32.1. The number of benzene rings is 2. The van der Waals surface area contributed by atoms with Crippen molar-refractivity contribution >= 4 is 39.0 Å². The number of para-hydroxylation sites is 1. The summed E-state index contributed by atoms with van der Waals surface area (Å²) in [7, 11) is 0. The zero-order valence-corrected chi connectivity index (χ0v) is 16.1. The molecule has 0 saturated heterocycles. The molecule has 29 heavy (non-hydrogen) atoms. The number of furan rings is 1. The van der Waals surface area contributed by atoms with E-state index in [4.69, 9.17) is 9.15 Å². The van der Waals surface area contributed by atoms with Crippen molar-refractivity contribution in [2.75, 3.05) is 11.9 Å². The van der Waals surface area contributed by atoms with E-state index in [1.165, 1.54) is 35.6 Å². The zero-order valence-electron chi connectivity index (χ0n) is 15.2. The second-order valence-electron chi connectivity index (χ2n) is 6.01. The fourth-order valence-electron chi connectivity index (χ4n) is 2.78. The van der Waals surface area contributed by atoms with Crippen LogP contribution in [-0.4, -0.2) is 22.4 Å². The van der Waals surface area contributed by atoms with Gasteiger partial charge in [-0.15, -0.1) is 11.3 Å². The van der Waals surface area contributed by atoms with Crippen LogP contribution < -0.4 is 10.1 Å². The highest BCUT2D eigenvalue weighted by Gasteiger charge is 2.15. The van der Waals surface area contributed by atoms with Crippen LogP contribution in [0.1, 0.15) is 17.3 Å². The number of amides is 1. The summed E-state index contributed by atoms with van der Waals surface area (Å²) in [5.41, 5.74) is 1.47. The number of anilines is 1. The van der Waals surface area contributed by atoms with Gasteiger partial charge >= 0.3 is 0 Å². The fraction of sp³-hybridized carbons (Fsp3) is 0.100. The van der Waals surface area contributed by atoms with E-state index in [0.29, 0.717) is 40.1 Å². The first-order valence-corrected chi connectivity index (χ1v) is 9.60. The molecule has 2 aromatic heterocycles. The summed E-state index contributed by atoms with van der Waals surface area (Å²) in [6.45, 7) is 2.44. The van der Waals surface area contributed by atoms with Crippen LogP contribution >= 0.6 is 11.3 Å². The molecule has 0 aliphatic carbocycles. The molecule has 0 radical (unpaired) electrons. The Labute approximate surface area is 168 Å². The Kier molecular flexibility index (Phi) is 4.96. The van der Waals surface area contributed by atoms with Crippen molar-refractivity contribution in [3.8, 4) is 17.2 Å². The minimum absolute atomic E-state index is 0.0746. The first-order valence-electron chi connectivity index (χ1n) is 8.72. The first kappa shape index (κ1) is 18.6. The molecule has 0 spiro atoms. The van der Waals surface area contributed by atoms with Gasteiger partial charge in [-0.25, -0.2) is 4.98 Å². The molecule has 0 aliphatic heterocycles. The molecule has 1 amide bonds. The number of nitrogens with one attached hydrogen (secondary N) is 1. The number of nitrogens with zero attached hydrogens (tertiary/aromatic N) is 2. The number of fused-ring (bicyclic) bond motifs is 1. The molecule has 4 aromatic rings. The summed E-state index contributed by atoms with van der Waals surface area (Å²) >= 11 is 1.26. The van der Waals surface area contributed by atoms with Gasteiger partial charge in [0.05, 0.1) is 11.5 Å². The van der Waals surface area contributed by atoms with Crippen LogP contribution in [0.3, 0.4) is 0 Å². The van der Waals surface area contributed by atoms with Crippen LogP contribution in [0.2, 0.25) is 0 Å². The summed E-state index contributed by atoms with van der Waals surface area (Å²) in [6, 6.07) is 12.9. The summed E-state index contributed by atoms with van der Waals surface area (Å²) in [6.07, 6.45) is 0. The number of thiazole rings is 1. The van der Waals surface area contributed by atoms with Crippen LogP contribution in [0.5, 0.6) is 5.75 Å². The SMILES string of the molecule is CCOc1cccc2cc(-c3csc(NC(=O)c4ccc([N+](=O)[O-])cc4)n3)oc12. The topological polar surface area (TPSA) is 108 Å². The van der Waals surface area contributed by atoms with Crippen molar-refractivity contribution in [2.24, 2.45) is 0 Å². The van der Waals surface area contributed by atoms with Crippen molar-refractivity contribution in [3.05, 3.63) is 69.6 Å². The summed E-state index contributed by atoms with van der Waals surface area (Å²) < 4.78 is 11.5. The van der Waals surface area contributed by atoms with Gasteiger partial charge in [-0.05, 0) is 31.2 Å². The third-order valence-corrected chi connectivity index (χ3v) is 4.88. The van der Waals surface area contributed by atoms with Gasteiger partial charge in [0.15, 0.2) is 22.2 Å². The van der Waals surface area contributed by atoms with Gasteiger partial charge in [0.25, 0.3) is 11.6 Å². The number of hydrogen-bond acceptors (Lipinski definition) is 7. The maximum Gasteiger partial charge on any atom is 0.269 e. The van der Waals surface area contributed by atoms with Crippen molar-refractivity contribution in [2.45, 2.75) is 6.92 Å². The Bertz CT molecular complexity index is 1200. The molecule has 0 fully saturated rings. The second kappa shape index (κ2) is 7.72. The van der Waals surface area contributed by atoms with Crippen molar-refractivity contribution in [3.63, 3.8) is 0 Å². The van der Waals surface area contributed by atoms with Crippen LogP contribution in [0.25, 0.3) is 22.4 Å². The summed E-state index contributed by atoms with van der Waals surface area (Å²) in [4.78, 5) is 26.9. The smallest absolute Gasteiger partial charge is 0.269 e. The molecule has 0 bridgehead atoms. The fourth-order valence-corrected chi connectivity index (χ4v) is 3.47. The van der Waals surface area contributed by atoms with Crippen LogP contribution in [0, 0.1) is 10.1 Å². The highest BCUT2D eigenvalue weighted by molar-refractivity contribution is 7.14. The molecule has 0 unspecified atom stereocenters. The molecular formula is C20H15N3O5S. The molecule has 2 heterocycles. The van der Waals surface area contributed by atoms with Gasteiger partial charge in [-0.3, -0.25) is 20.2 Å². The normalized spacial score (nSPS) is 10.8. The van der Waals surface area contributed by atoms with E-state index >= 15 is 0 Å². The number of nitro benzene ring substituents is 1. The average Bonchev–Trinajstić information content (AvgIpc) is 3.35. The maximum atomic E-state index is 12.3. The molecule has 146 valence electrons. The molecule has 4 rings (SSSR count). The monoisotopic (exact) mass is 409 g/mol. The molecule has 0 aliphatic rings. The van der Waals surface area contributed by atoms with E-state index in [1.54, 1.807) is 5.38 Å². The molecule has 9 heteroatoms. The van der Waals surface area contributed by atoms with E-state index in [2.05, 4.69) is 10.3 Å². The highest BCUT2D eigenvalue weighted by Crippen LogP contribution is 2.34. The largest absolute Gasteiger partial charge is 0.490 e. The quantitative estimate of drug-likeness (QED) is 0.350. The Morgan fingerprint density at radius 2 is 2.07 bits per heavy atom. The number of non-ortho nitro benzene ring substituents is 1. The molecular weight excluding hydrogens is 394 g/mol. The molecule has 1 N–H and O–H groups in total. The average molecular weight is 409 g/mol. The minimum Gasteiger partial charge on any atom is -0.490 e. The van der Waals surface area contributed by atoms with E-state index in [0.717, 1.165) is 5.39 Å². The van der Waals surface area contributed by atoms with E-state index < -0.39 is 10.8 Å². The van der Waals surface area contributed by atoms with E-state index in [1.807, 2.05) is 31.2 Å². The van der Waals surface area contributed by atoms with Gasteiger partial charge in [0.2, 0.25) is 0 Å². The number of hydrogen-bond donors (Lipinski definition) is 1. The minimum atomic E-state index is -0.515. The van der Waals surface area contributed by atoms with Gasteiger partial charge in [0, 0.05) is 28.5 Å². The van der Waals surface area contributed by atoms with E-state index in [-0.39, 0.29) is 5.69 Å². The number of nitro groups is 1. The lowest BCUT2D eigenvalue weighted by molar-refractivity contribution is -0.384. The van der Waals surface area contributed by atoms with Gasteiger partial charge < -0.3 is 9.15 Å². The Hall–Kier alpha value is -3.72. The summed E-state index contributed by atoms with van der Waals surface area (Å²) in [5.74, 6) is 0.835. The van der Waals surface area contributed by atoms with Gasteiger partial charge in [-0.2, -0.15) is 0 Å². The number of rotatable bonds is 6. The van der Waals surface area contributed by atoms with Crippen molar-refractivity contribution in [1.82, 2.24) is 4.98 Å². The number of ether oxygens (including phenoxy) is 1. The first-order chi connectivity index (χ1) is 14.0. The Morgan fingerprint density at radius 3 is 2.79 bits per heavy atom. The van der Waals surface area contributed by atoms with E-state index in [9.17, 15) is 14.9 Å². The van der Waals surface area contributed by atoms with Gasteiger partial charge in [0.1, 0.15) is 5.69 Å². The van der Waals surface area contributed by atoms with Gasteiger partial charge in [-0.1, -0.05) is 12.1 Å². The number of aromatic nitrogens is 1. The zero-order chi connectivity index (χ0) is 20.4. The lowest BCUT2D eigenvalue weighted by Crippen LogP contribution is -2.11. The van der Waals surface area contributed by atoms with Crippen molar-refractivity contribution < 1.29 is 18.9 Å². The number of carbonyl (C=O) groups excluding carboxylic acids is 1. The van der Waals surface area contributed by atoms with Crippen LogP contribution in [0.4, 0.5) is 10.8 Å². The third kappa shape index (κ3) is 3.81. The Morgan fingerprint density at radius 1 is 1.28 bits per heavy atom.